The van der Waals surface area contributed by atoms with E-state index in [1.165, 1.54) is 12.8 Å². The Morgan fingerprint density at radius 2 is 2.00 bits per heavy atom. The van der Waals surface area contributed by atoms with Gasteiger partial charge in [0.25, 0.3) is 0 Å². The third-order valence-corrected chi connectivity index (χ3v) is 4.16. The molecule has 1 amide bonds. The second-order valence-electron chi connectivity index (χ2n) is 5.97. The zero-order valence-electron chi connectivity index (χ0n) is 13.1. The molecule has 0 heterocycles. The first-order valence-electron chi connectivity index (χ1n) is 7.81. The van der Waals surface area contributed by atoms with Crippen LogP contribution in [0.4, 0.5) is 0 Å². The first-order valence-corrected chi connectivity index (χ1v) is 7.81. The summed E-state index contributed by atoms with van der Waals surface area (Å²) in [7, 11) is 3.74. The molecule has 3 N–H and O–H groups in total. The molecule has 0 spiro atoms. The predicted octanol–water partition coefficient (Wildman–Crippen LogP) is 0.979. The maximum absolute atomic E-state index is 11.8. The Morgan fingerprint density at radius 3 is 2.65 bits per heavy atom. The molecule has 0 unspecified atom stereocenters. The average molecular weight is 285 g/mol. The van der Waals surface area contributed by atoms with Crippen LogP contribution in [0.5, 0.6) is 0 Å². The molecule has 1 saturated carbocycles. The van der Waals surface area contributed by atoms with Crippen LogP contribution in [0.15, 0.2) is 0 Å². The van der Waals surface area contributed by atoms with Crippen molar-refractivity contribution in [3.8, 4) is 0 Å². The summed E-state index contributed by atoms with van der Waals surface area (Å²) in [4.78, 5) is 13.9. The van der Waals surface area contributed by atoms with Crippen molar-refractivity contribution in [2.45, 2.75) is 44.6 Å². The second-order valence-corrected chi connectivity index (χ2v) is 5.97. The zero-order valence-corrected chi connectivity index (χ0v) is 13.1. The molecule has 5 nitrogen and oxygen atoms in total. The van der Waals surface area contributed by atoms with Gasteiger partial charge < -0.3 is 20.7 Å². The molecular weight excluding hydrogens is 254 g/mol. The Hall–Kier alpha value is -0.650. The van der Waals surface area contributed by atoms with E-state index >= 15 is 0 Å². The number of methoxy groups -OCH3 is 1. The van der Waals surface area contributed by atoms with Crippen molar-refractivity contribution >= 4 is 5.91 Å². The number of nitrogens with two attached hydrogens (primary N) is 1. The van der Waals surface area contributed by atoms with Crippen LogP contribution in [-0.2, 0) is 9.53 Å². The van der Waals surface area contributed by atoms with Gasteiger partial charge in [-0.1, -0.05) is 0 Å². The lowest BCUT2D eigenvalue weighted by Crippen LogP contribution is -2.34. The topological polar surface area (TPSA) is 67.6 Å². The van der Waals surface area contributed by atoms with Crippen LogP contribution < -0.4 is 11.1 Å². The van der Waals surface area contributed by atoms with Crippen molar-refractivity contribution in [2.75, 3.05) is 40.4 Å². The van der Waals surface area contributed by atoms with E-state index in [0.717, 1.165) is 39.0 Å². The van der Waals surface area contributed by atoms with Crippen molar-refractivity contribution in [1.29, 1.82) is 0 Å². The lowest BCUT2D eigenvalue weighted by atomic mass is 9.84. The zero-order chi connectivity index (χ0) is 14.8. The number of nitrogens with zero attached hydrogens (tertiary/aromatic N) is 1. The molecule has 0 aliphatic heterocycles. The molecule has 1 aliphatic rings. The number of hydrogen-bond acceptors (Lipinski definition) is 4. The van der Waals surface area contributed by atoms with E-state index < -0.39 is 0 Å². The largest absolute Gasteiger partial charge is 0.383 e. The highest BCUT2D eigenvalue weighted by atomic mass is 16.5. The Kier molecular flexibility index (Phi) is 8.82. The quantitative estimate of drug-likeness (QED) is 0.662. The third-order valence-electron chi connectivity index (χ3n) is 4.16. The number of carbonyl (C=O) groups is 1. The highest BCUT2D eigenvalue weighted by Gasteiger charge is 2.18. The van der Waals surface area contributed by atoms with E-state index in [0.29, 0.717) is 24.9 Å². The number of carbonyl (C=O) groups excluding carboxylic acids is 1. The van der Waals surface area contributed by atoms with Crippen LogP contribution in [0.1, 0.15) is 38.5 Å². The van der Waals surface area contributed by atoms with Gasteiger partial charge in [-0.15, -0.1) is 0 Å². The Labute approximate surface area is 123 Å². The molecule has 0 aromatic heterocycles. The third kappa shape index (κ3) is 7.82. The summed E-state index contributed by atoms with van der Waals surface area (Å²) in [6, 6.07) is 0.391. The average Bonchev–Trinajstić information content (AvgIpc) is 2.44. The van der Waals surface area contributed by atoms with Crippen molar-refractivity contribution in [3.05, 3.63) is 0 Å². The minimum Gasteiger partial charge on any atom is -0.383 e. The summed E-state index contributed by atoms with van der Waals surface area (Å²) in [5, 5.41) is 2.99. The fourth-order valence-electron chi connectivity index (χ4n) is 2.65. The van der Waals surface area contributed by atoms with Gasteiger partial charge in [0, 0.05) is 39.2 Å². The molecule has 0 radical (unpaired) electrons. The lowest BCUT2D eigenvalue weighted by molar-refractivity contribution is -0.121. The monoisotopic (exact) mass is 285 g/mol. The Morgan fingerprint density at radius 1 is 1.30 bits per heavy atom. The number of hydrogen-bond donors (Lipinski definition) is 2. The molecule has 0 aromatic rings. The molecule has 1 fully saturated rings. The van der Waals surface area contributed by atoms with Crippen LogP contribution >= 0.6 is 0 Å². The summed E-state index contributed by atoms with van der Waals surface area (Å²) in [5.74, 6) is 0.880. The van der Waals surface area contributed by atoms with Gasteiger partial charge in [0.1, 0.15) is 0 Å². The second kappa shape index (κ2) is 10.1. The van der Waals surface area contributed by atoms with Crippen LogP contribution in [0.25, 0.3) is 0 Å². The van der Waals surface area contributed by atoms with Crippen LogP contribution in [0.2, 0.25) is 0 Å². The first-order chi connectivity index (χ1) is 9.61. The fourth-order valence-corrected chi connectivity index (χ4v) is 2.65. The minimum atomic E-state index is 0.181. The minimum absolute atomic E-state index is 0.181. The Balaban J connectivity index is 2.00. The van der Waals surface area contributed by atoms with E-state index in [4.69, 9.17) is 10.5 Å². The van der Waals surface area contributed by atoms with E-state index in [-0.39, 0.29) is 5.91 Å². The summed E-state index contributed by atoms with van der Waals surface area (Å²) in [6.07, 6.45) is 6.29. The number of ether oxygens (including phenoxy) is 1. The van der Waals surface area contributed by atoms with Crippen LogP contribution in [-0.4, -0.2) is 57.2 Å². The van der Waals surface area contributed by atoms with Crippen molar-refractivity contribution < 1.29 is 9.53 Å². The molecule has 1 aliphatic carbocycles. The number of nitrogens with one attached hydrogen (secondary N) is 1. The molecule has 20 heavy (non-hydrogen) atoms. The number of likely N-dealkylation sites (N-methyl/N-ethyl adjacent to an activating group) is 1. The molecule has 5 heteroatoms. The molecule has 118 valence electrons. The number of amides is 1. The molecule has 0 saturated heterocycles. The van der Waals surface area contributed by atoms with Gasteiger partial charge in [-0.2, -0.15) is 0 Å². The number of rotatable bonds is 9. The maximum Gasteiger partial charge on any atom is 0.220 e. The van der Waals surface area contributed by atoms with Crippen LogP contribution in [0.3, 0.4) is 0 Å². The van der Waals surface area contributed by atoms with Gasteiger partial charge in [0.2, 0.25) is 5.91 Å². The fraction of sp³-hybridized carbons (Fsp3) is 0.933. The molecule has 1 rings (SSSR count). The SMILES string of the molecule is COCCN(C)CCNC(=O)CCC1CCC(N)CC1. The van der Waals surface area contributed by atoms with Gasteiger partial charge in [0.15, 0.2) is 0 Å². The van der Waals surface area contributed by atoms with E-state index in [9.17, 15) is 4.79 Å². The van der Waals surface area contributed by atoms with Gasteiger partial charge in [-0.3, -0.25) is 4.79 Å². The van der Waals surface area contributed by atoms with Crippen molar-refractivity contribution in [2.24, 2.45) is 11.7 Å². The summed E-state index contributed by atoms with van der Waals surface area (Å²) in [6.45, 7) is 3.21. The Bertz CT molecular complexity index is 266. The highest BCUT2D eigenvalue weighted by Crippen LogP contribution is 2.26. The van der Waals surface area contributed by atoms with Gasteiger partial charge in [-0.25, -0.2) is 0 Å². The van der Waals surface area contributed by atoms with Gasteiger partial charge in [0.05, 0.1) is 6.61 Å². The van der Waals surface area contributed by atoms with Crippen LogP contribution in [0, 0.1) is 5.92 Å². The summed E-state index contributed by atoms with van der Waals surface area (Å²) < 4.78 is 5.02. The van der Waals surface area contributed by atoms with E-state index in [1.54, 1.807) is 7.11 Å². The lowest BCUT2D eigenvalue weighted by Gasteiger charge is -2.25. The van der Waals surface area contributed by atoms with Gasteiger partial charge >= 0.3 is 0 Å². The van der Waals surface area contributed by atoms with E-state index in [1.807, 2.05) is 7.05 Å². The first kappa shape index (κ1) is 17.4. The van der Waals surface area contributed by atoms with Gasteiger partial charge in [-0.05, 0) is 45.1 Å². The van der Waals surface area contributed by atoms with Crippen molar-refractivity contribution in [3.63, 3.8) is 0 Å². The maximum atomic E-state index is 11.8. The molecular formula is C15H31N3O2. The van der Waals surface area contributed by atoms with Crippen molar-refractivity contribution in [1.82, 2.24) is 10.2 Å². The summed E-state index contributed by atoms with van der Waals surface area (Å²) >= 11 is 0. The molecule has 0 bridgehead atoms. The molecule has 0 atom stereocenters. The van der Waals surface area contributed by atoms with E-state index in [2.05, 4.69) is 10.2 Å². The summed E-state index contributed by atoms with van der Waals surface area (Å²) in [5.41, 5.74) is 5.89. The highest BCUT2D eigenvalue weighted by molar-refractivity contribution is 5.75. The smallest absolute Gasteiger partial charge is 0.220 e. The normalized spacial score (nSPS) is 23.0. The molecule has 0 aromatic carbocycles. The predicted molar refractivity (Wildman–Crippen MR) is 81.6 cm³/mol. The standard InChI is InChI=1S/C15H31N3O2/c1-18(11-12-20-2)10-9-17-15(19)8-5-13-3-6-14(16)7-4-13/h13-14H,3-12,16H2,1-2H3,(H,17,19).